The molecule has 116 valence electrons. The van der Waals surface area contributed by atoms with Crippen molar-refractivity contribution in [3.8, 4) is 5.75 Å². The first-order chi connectivity index (χ1) is 10.5. The summed E-state index contributed by atoms with van der Waals surface area (Å²) in [7, 11) is -1.34. The molecule has 1 aromatic carbocycles. The fourth-order valence-corrected chi connectivity index (χ4v) is 5.92. The standard InChI is InChI=1S/C18H20O3S/c1-18-9-7-15-14-6-4-13(21-2)11-12(14)3-5-16(15)17(18)8-10-22(18,19)20/h4,6,8,11H,3,5,7,9-10H2,1-2H3/t18-/m0/s1. The molecule has 1 aliphatic heterocycles. The molecule has 4 heteroatoms. The summed E-state index contributed by atoms with van der Waals surface area (Å²) in [5, 5.41) is 0. The van der Waals surface area contributed by atoms with Crippen LogP contribution in [0.5, 0.6) is 5.75 Å². The van der Waals surface area contributed by atoms with Gasteiger partial charge in [-0.1, -0.05) is 12.1 Å². The molecule has 4 rings (SSSR count). The molecule has 0 N–H and O–H groups in total. The van der Waals surface area contributed by atoms with E-state index in [0.29, 0.717) is 6.42 Å². The van der Waals surface area contributed by atoms with Gasteiger partial charge in [-0.15, -0.1) is 0 Å². The van der Waals surface area contributed by atoms with E-state index in [1.807, 2.05) is 19.1 Å². The van der Waals surface area contributed by atoms with E-state index in [9.17, 15) is 8.42 Å². The maximum absolute atomic E-state index is 12.4. The van der Waals surface area contributed by atoms with Crippen LogP contribution >= 0.6 is 0 Å². The summed E-state index contributed by atoms with van der Waals surface area (Å²) in [5.41, 5.74) is 6.32. The molecule has 0 amide bonds. The van der Waals surface area contributed by atoms with Crippen molar-refractivity contribution in [1.82, 2.24) is 0 Å². The van der Waals surface area contributed by atoms with Gasteiger partial charge in [-0.3, -0.25) is 0 Å². The zero-order valence-corrected chi connectivity index (χ0v) is 13.8. The van der Waals surface area contributed by atoms with Gasteiger partial charge in [0.2, 0.25) is 0 Å². The van der Waals surface area contributed by atoms with Gasteiger partial charge in [0, 0.05) is 0 Å². The van der Waals surface area contributed by atoms with E-state index in [-0.39, 0.29) is 5.75 Å². The van der Waals surface area contributed by atoms with Crippen LogP contribution in [0.4, 0.5) is 0 Å². The Morgan fingerprint density at radius 1 is 1.14 bits per heavy atom. The molecule has 0 saturated heterocycles. The molecule has 0 bridgehead atoms. The maximum atomic E-state index is 12.4. The van der Waals surface area contributed by atoms with Gasteiger partial charge in [-0.05, 0) is 72.6 Å². The Bertz CT molecular complexity index is 830. The minimum absolute atomic E-state index is 0.199. The van der Waals surface area contributed by atoms with Gasteiger partial charge in [-0.2, -0.15) is 0 Å². The van der Waals surface area contributed by atoms with Crippen molar-refractivity contribution >= 4 is 15.4 Å². The lowest BCUT2D eigenvalue weighted by molar-refractivity contribution is 0.414. The highest BCUT2D eigenvalue weighted by Gasteiger charge is 2.49. The molecule has 22 heavy (non-hydrogen) atoms. The topological polar surface area (TPSA) is 43.4 Å². The van der Waals surface area contributed by atoms with Gasteiger partial charge in [0.05, 0.1) is 17.6 Å². The fraction of sp³-hybridized carbons (Fsp3) is 0.444. The van der Waals surface area contributed by atoms with Crippen LogP contribution in [0.1, 0.15) is 37.3 Å². The first kappa shape index (κ1) is 14.1. The van der Waals surface area contributed by atoms with Crippen molar-refractivity contribution in [2.45, 2.75) is 37.4 Å². The van der Waals surface area contributed by atoms with E-state index in [0.717, 1.165) is 30.6 Å². The van der Waals surface area contributed by atoms with Crippen LogP contribution in [-0.4, -0.2) is 26.0 Å². The Labute approximate surface area is 131 Å². The van der Waals surface area contributed by atoms with Crippen LogP contribution in [0.3, 0.4) is 0 Å². The largest absolute Gasteiger partial charge is 0.497 e. The zero-order chi connectivity index (χ0) is 15.5. The lowest BCUT2D eigenvalue weighted by Gasteiger charge is -2.37. The third-order valence-corrected chi connectivity index (χ3v) is 7.99. The highest BCUT2D eigenvalue weighted by molar-refractivity contribution is 7.93. The summed E-state index contributed by atoms with van der Waals surface area (Å²) in [6.07, 6.45) is 5.40. The number of ether oxygens (including phenoxy) is 1. The van der Waals surface area contributed by atoms with Crippen molar-refractivity contribution in [2.24, 2.45) is 0 Å². The minimum atomic E-state index is -3.03. The molecule has 0 saturated carbocycles. The molecular weight excluding hydrogens is 296 g/mol. The quantitative estimate of drug-likeness (QED) is 0.798. The summed E-state index contributed by atoms with van der Waals surface area (Å²) in [6.45, 7) is 1.91. The normalized spacial score (nSPS) is 28.5. The summed E-state index contributed by atoms with van der Waals surface area (Å²) >= 11 is 0. The summed E-state index contributed by atoms with van der Waals surface area (Å²) < 4.78 is 29.5. The number of fused-ring (bicyclic) bond motifs is 4. The van der Waals surface area contributed by atoms with Crippen LogP contribution < -0.4 is 4.74 Å². The Morgan fingerprint density at radius 3 is 2.73 bits per heavy atom. The Balaban J connectivity index is 1.87. The number of allylic oxidation sites excluding steroid dienone is 2. The van der Waals surface area contributed by atoms with Gasteiger partial charge < -0.3 is 4.74 Å². The molecule has 1 aromatic rings. The van der Waals surface area contributed by atoms with E-state index >= 15 is 0 Å². The molecule has 0 radical (unpaired) electrons. The fourth-order valence-electron chi connectivity index (χ4n) is 4.21. The van der Waals surface area contributed by atoms with Crippen LogP contribution in [-0.2, 0) is 16.3 Å². The lowest BCUT2D eigenvalue weighted by atomic mass is 9.72. The summed E-state index contributed by atoms with van der Waals surface area (Å²) in [4.78, 5) is 0. The highest BCUT2D eigenvalue weighted by atomic mass is 32.2. The Morgan fingerprint density at radius 2 is 1.95 bits per heavy atom. The molecule has 0 fully saturated rings. The van der Waals surface area contributed by atoms with E-state index in [1.165, 1.54) is 22.3 Å². The number of rotatable bonds is 1. The number of aryl methyl sites for hydroxylation is 1. The van der Waals surface area contributed by atoms with Crippen molar-refractivity contribution in [3.05, 3.63) is 46.5 Å². The molecule has 0 unspecified atom stereocenters. The van der Waals surface area contributed by atoms with Crippen molar-refractivity contribution < 1.29 is 13.2 Å². The van der Waals surface area contributed by atoms with Gasteiger partial charge in [-0.25, -0.2) is 8.42 Å². The highest BCUT2D eigenvalue weighted by Crippen LogP contribution is 2.52. The number of hydrogen-bond donors (Lipinski definition) is 0. The second-order valence-corrected chi connectivity index (χ2v) is 9.07. The number of hydrogen-bond acceptors (Lipinski definition) is 3. The Hall–Kier alpha value is -1.55. The molecule has 0 aromatic heterocycles. The second-order valence-electron chi connectivity index (χ2n) is 6.61. The van der Waals surface area contributed by atoms with Crippen LogP contribution in [0.15, 0.2) is 35.4 Å². The smallest absolute Gasteiger partial charge is 0.163 e. The van der Waals surface area contributed by atoms with Gasteiger partial charge >= 0.3 is 0 Å². The number of sulfone groups is 1. The van der Waals surface area contributed by atoms with Crippen LogP contribution in [0.2, 0.25) is 0 Å². The van der Waals surface area contributed by atoms with Crippen LogP contribution in [0.25, 0.3) is 5.57 Å². The third-order valence-electron chi connectivity index (χ3n) is 5.59. The predicted molar refractivity (Wildman–Crippen MR) is 87.7 cm³/mol. The molecular formula is C18H20O3S. The molecule has 0 spiro atoms. The van der Waals surface area contributed by atoms with E-state index < -0.39 is 14.6 Å². The van der Waals surface area contributed by atoms with Crippen molar-refractivity contribution in [3.63, 3.8) is 0 Å². The van der Waals surface area contributed by atoms with E-state index in [1.54, 1.807) is 7.11 Å². The summed E-state index contributed by atoms with van der Waals surface area (Å²) in [5.74, 6) is 1.09. The van der Waals surface area contributed by atoms with E-state index in [2.05, 4.69) is 12.1 Å². The van der Waals surface area contributed by atoms with Crippen molar-refractivity contribution in [2.75, 3.05) is 12.9 Å². The molecule has 2 aliphatic carbocycles. The van der Waals surface area contributed by atoms with E-state index in [4.69, 9.17) is 4.74 Å². The first-order valence-electron chi connectivity index (χ1n) is 7.79. The van der Waals surface area contributed by atoms with Crippen molar-refractivity contribution in [1.29, 1.82) is 0 Å². The third kappa shape index (κ3) is 1.70. The van der Waals surface area contributed by atoms with Crippen LogP contribution in [0, 0.1) is 0 Å². The molecule has 3 nitrogen and oxygen atoms in total. The SMILES string of the molecule is COc1ccc2c(c1)CCC1=C2CC[C@@]2(C)C1=CCS2(=O)=O. The first-order valence-corrected chi connectivity index (χ1v) is 9.44. The van der Waals surface area contributed by atoms with Gasteiger partial charge in [0.1, 0.15) is 5.75 Å². The average molecular weight is 316 g/mol. The van der Waals surface area contributed by atoms with Gasteiger partial charge in [0.25, 0.3) is 0 Å². The number of benzene rings is 1. The molecule has 1 heterocycles. The number of methoxy groups -OCH3 is 1. The monoisotopic (exact) mass is 316 g/mol. The summed E-state index contributed by atoms with van der Waals surface area (Å²) in [6, 6.07) is 6.25. The average Bonchev–Trinajstić information content (AvgIpc) is 2.76. The maximum Gasteiger partial charge on any atom is 0.163 e. The molecule has 3 aliphatic rings. The predicted octanol–water partition coefficient (Wildman–Crippen LogP) is 3.30. The Kier molecular flexibility index (Phi) is 2.86. The van der Waals surface area contributed by atoms with Gasteiger partial charge in [0.15, 0.2) is 9.84 Å². The zero-order valence-electron chi connectivity index (χ0n) is 13.0. The lowest BCUT2D eigenvalue weighted by Crippen LogP contribution is -2.38. The second kappa shape index (κ2) is 4.48. The minimum Gasteiger partial charge on any atom is -0.497 e. The molecule has 1 atom stereocenters.